The van der Waals surface area contributed by atoms with E-state index in [0.717, 1.165) is 69.9 Å². The number of rotatable bonds is 6. The van der Waals surface area contributed by atoms with Crippen LogP contribution in [0.15, 0.2) is 36.5 Å². The number of nitrogens with one attached hydrogen (secondary N) is 1. The Morgan fingerprint density at radius 3 is 2.96 bits per heavy atom. The first-order valence-electron chi connectivity index (χ1n) is 9.58. The average Bonchev–Trinajstić information content (AvgIpc) is 3.15. The van der Waals surface area contributed by atoms with Gasteiger partial charge in [-0.25, -0.2) is 4.98 Å². The summed E-state index contributed by atoms with van der Waals surface area (Å²) >= 11 is 0. The number of hydrogen-bond donors (Lipinski definition) is 1. The van der Waals surface area contributed by atoms with Gasteiger partial charge in [0.05, 0.1) is 20.3 Å². The van der Waals surface area contributed by atoms with Crippen molar-refractivity contribution in [3.8, 4) is 5.75 Å². The van der Waals surface area contributed by atoms with E-state index in [0.29, 0.717) is 6.04 Å². The molecule has 1 N–H and O–H groups in total. The van der Waals surface area contributed by atoms with Crippen LogP contribution in [0.1, 0.15) is 12.0 Å². The molecular weight excluding hydrogens is 342 g/mol. The maximum Gasteiger partial charge on any atom is 0.227 e. The number of anilines is 2. The normalized spacial score (nSPS) is 20.6. The number of aromatic nitrogens is 2. The van der Waals surface area contributed by atoms with Gasteiger partial charge in [-0.15, -0.1) is 0 Å². The summed E-state index contributed by atoms with van der Waals surface area (Å²) in [7, 11) is 1.71. The van der Waals surface area contributed by atoms with Gasteiger partial charge in [-0.05, 0) is 30.2 Å². The number of methoxy groups -OCH3 is 1. The maximum absolute atomic E-state index is 5.41. The van der Waals surface area contributed by atoms with Gasteiger partial charge in [-0.2, -0.15) is 4.98 Å². The van der Waals surface area contributed by atoms with Crippen molar-refractivity contribution in [2.24, 2.45) is 0 Å². The molecule has 144 valence electrons. The van der Waals surface area contributed by atoms with Crippen LogP contribution in [0.5, 0.6) is 5.75 Å². The second-order valence-corrected chi connectivity index (χ2v) is 7.06. The van der Waals surface area contributed by atoms with Crippen molar-refractivity contribution in [3.05, 3.63) is 42.1 Å². The predicted octanol–water partition coefficient (Wildman–Crippen LogP) is 2.01. The number of morpholine rings is 1. The molecule has 27 heavy (non-hydrogen) atoms. The number of hydrogen-bond acceptors (Lipinski definition) is 7. The number of ether oxygens (including phenoxy) is 2. The molecule has 7 nitrogen and oxygen atoms in total. The van der Waals surface area contributed by atoms with Gasteiger partial charge >= 0.3 is 0 Å². The predicted molar refractivity (Wildman–Crippen MR) is 105 cm³/mol. The van der Waals surface area contributed by atoms with E-state index in [1.807, 2.05) is 24.4 Å². The lowest BCUT2D eigenvalue weighted by atomic mass is 10.2. The van der Waals surface area contributed by atoms with Gasteiger partial charge < -0.3 is 19.7 Å². The molecule has 2 fully saturated rings. The Bertz CT molecular complexity index is 751. The fourth-order valence-corrected chi connectivity index (χ4v) is 3.68. The molecule has 0 saturated carbocycles. The van der Waals surface area contributed by atoms with E-state index < -0.39 is 0 Å². The lowest BCUT2D eigenvalue weighted by molar-refractivity contribution is 0.122. The second-order valence-electron chi connectivity index (χ2n) is 7.06. The summed E-state index contributed by atoms with van der Waals surface area (Å²) in [6, 6.07) is 10.7. The second kappa shape index (κ2) is 8.54. The smallest absolute Gasteiger partial charge is 0.227 e. The lowest BCUT2D eigenvalue weighted by Crippen LogP contribution is -2.37. The topological polar surface area (TPSA) is 62.8 Å². The van der Waals surface area contributed by atoms with Crippen molar-refractivity contribution < 1.29 is 9.47 Å². The largest absolute Gasteiger partial charge is 0.497 e. The third-order valence-corrected chi connectivity index (χ3v) is 5.10. The van der Waals surface area contributed by atoms with Crippen LogP contribution in [0.2, 0.25) is 0 Å². The molecule has 1 atom stereocenters. The van der Waals surface area contributed by atoms with Crippen LogP contribution in [-0.2, 0) is 11.3 Å². The minimum Gasteiger partial charge on any atom is -0.497 e. The van der Waals surface area contributed by atoms with E-state index in [4.69, 9.17) is 14.5 Å². The molecule has 1 aromatic heterocycles. The Balaban J connectivity index is 1.33. The fourth-order valence-electron chi connectivity index (χ4n) is 3.68. The molecule has 2 aliphatic rings. The molecule has 7 heteroatoms. The Labute approximate surface area is 160 Å². The summed E-state index contributed by atoms with van der Waals surface area (Å²) < 4.78 is 10.7. The Morgan fingerprint density at radius 1 is 1.22 bits per heavy atom. The van der Waals surface area contributed by atoms with E-state index >= 15 is 0 Å². The molecule has 0 spiro atoms. The first kappa shape index (κ1) is 18.0. The summed E-state index contributed by atoms with van der Waals surface area (Å²) in [6.07, 6.45) is 2.95. The molecule has 2 saturated heterocycles. The zero-order valence-corrected chi connectivity index (χ0v) is 15.8. The number of nitrogens with zero attached hydrogens (tertiary/aromatic N) is 4. The standard InChI is InChI=1S/C20H27N5O2/c1-26-18-4-2-3-16(13-18)14-24-8-6-17(15-24)22-19-5-7-21-20(23-19)25-9-11-27-12-10-25/h2-5,7,13,17H,6,8-12,14-15H2,1H3,(H,21,22,23). The monoisotopic (exact) mass is 369 g/mol. The van der Waals surface area contributed by atoms with Gasteiger partial charge in [0, 0.05) is 45.0 Å². The van der Waals surface area contributed by atoms with Crippen molar-refractivity contribution in [1.29, 1.82) is 0 Å². The molecule has 3 heterocycles. The average molecular weight is 369 g/mol. The highest BCUT2D eigenvalue weighted by Crippen LogP contribution is 2.20. The van der Waals surface area contributed by atoms with E-state index in [1.54, 1.807) is 7.11 Å². The Hall–Kier alpha value is -2.38. The minimum absolute atomic E-state index is 0.406. The molecular formula is C20H27N5O2. The number of benzene rings is 1. The van der Waals surface area contributed by atoms with Gasteiger partial charge in [0.2, 0.25) is 5.95 Å². The summed E-state index contributed by atoms with van der Waals surface area (Å²) in [5.41, 5.74) is 1.28. The van der Waals surface area contributed by atoms with Crippen LogP contribution in [0.25, 0.3) is 0 Å². The molecule has 1 aromatic carbocycles. The van der Waals surface area contributed by atoms with Crippen LogP contribution in [0.3, 0.4) is 0 Å². The zero-order valence-electron chi connectivity index (χ0n) is 15.8. The van der Waals surface area contributed by atoms with Crippen molar-refractivity contribution in [3.63, 3.8) is 0 Å². The molecule has 2 aromatic rings. The highest BCUT2D eigenvalue weighted by atomic mass is 16.5. The van der Waals surface area contributed by atoms with Crippen LogP contribution in [-0.4, -0.2) is 67.4 Å². The van der Waals surface area contributed by atoms with Crippen LogP contribution in [0, 0.1) is 0 Å². The van der Waals surface area contributed by atoms with Crippen molar-refractivity contribution in [2.45, 2.75) is 19.0 Å². The lowest BCUT2D eigenvalue weighted by Gasteiger charge is -2.27. The van der Waals surface area contributed by atoms with Crippen LogP contribution < -0.4 is 15.0 Å². The van der Waals surface area contributed by atoms with Crippen molar-refractivity contribution >= 4 is 11.8 Å². The molecule has 1 unspecified atom stereocenters. The fraction of sp³-hybridized carbons (Fsp3) is 0.500. The molecule has 4 rings (SSSR count). The summed E-state index contributed by atoms with van der Waals surface area (Å²) in [5, 5.41) is 3.58. The molecule has 2 aliphatic heterocycles. The van der Waals surface area contributed by atoms with Crippen LogP contribution in [0.4, 0.5) is 11.8 Å². The van der Waals surface area contributed by atoms with E-state index in [-0.39, 0.29) is 0 Å². The molecule has 0 bridgehead atoms. The van der Waals surface area contributed by atoms with Gasteiger partial charge in [-0.3, -0.25) is 4.90 Å². The van der Waals surface area contributed by atoms with Gasteiger partial charge in [0.15, 0.2) is 0 Å². The minimum atomic E-state index is 0.406. The maximum atomic E-state index is 5.41. The van der Waals surface area contributed by atoms with Crippen LogP contribution >= 0.6 is 0 Å². The summed E-state index contributed by atoms with van der Waals surface area (Å²) in [4.78, 5) is 13.8. The quantitative estimate of drug-likeness (QED) is 0.836. The first-order valence-corrected chi connectivity index (χ1v) is 9.58. The highest BCUT2D eigenvalue weighted by molar-refractivity contribution is 5.42. The Morgan fingerprint density at radius 2 is 2.11 bits per heavy atom. The third-order valence-electron chi connectivity index (χ3n) is 5.10. The van der Waals surface area contributed by atoms with E-state index in [9.17, 15) is 0 Å². The molecule has 0 aliphatic carbocycles. The van der Waals surface area contributed by atoms with Gasteiger partial charge in [0.1, 0.15) is 11.6 Å². The summed E-state index contributed by atoms with van der Waals surface area (Å²) in [5.74, 6) is 2.60. The number of likely N-dealkylation sites (tertiary alicyclic amines) is 1. The zero-order chi connectivity index (χ0) is 18.5. The van der Waals surface area contributed by atoms with Crippen molar-refractivity contribution in [1.82, 2.24) is 14.9 Å². The summed E-state index contributed by atoms with van der Waals surface area (Å²) in [6.45, 7) is 6.21. The van der Waals surface area contributed by atoms with E-state index in [2.05, 4.69) is 32.2 Å². The highest BCUT2D eigenvalue weighted by Gasteiger charge is 2.23. The van der Waals surface area contributed by atoms with Gasteiger partial charge in [0.25, 0.3) is 0 Å². The first-order chi connectivity index (χ1) is 13.3. The SMILES string of the molecule is COc1cccc(CN2CCC(Nc3ccnc(N4CCOCC4)n3)C2)c1. The Kier molecular flexibility index (Phi) is 5.69. The molecule has 0 radical (unpaired) electrons. The van der Waals surface area contributed by atoms with E-state index in [1.165, 1.54) is 5.56 Å². The van der Waals surface area contributed by atoms with Crippen molar-refractivity contribution in [2.75, 3.05) is 56.7 Å². The molecule has 0 amide bonds. The third kappa shape index (κ3) is 4.67. The van der Waals surface area contributed by atoms with Gasteiger partial charge in [-0.1, -0.05) is 12.1 Å².